The second kappa shape index (κ2) is 11.0. The number of rotatable bonds is 6. The lowest BCUT2D eigenvalue weighted by atomic mass is 10.1. The Morgan fingerprint density at radius 1 is 1.09 bits per heavy atom. The van der Waals surface area contributed by atoms with E-state index in [0.29, 0.717) is 61.2 Å². The van der Waals surface area contributed by atoms with Crippen LogP contribution >= 0.6 is 0 Å². The maximum absolute atomic E-state index is 13.3. The van der Waals surface area contributed by atoms with Gasteiger partial charge in [-0.2, -0.15) is 9.97 Å². The molecule has 0 bridgehead atoms. The van der Waals surface area contributed by atoms with Gasteiger partial charge >= 0.3 is 6.09 Å². The quantitative estimate of drug-likeness (QED) is 0.308. The Labute approximate surface area is 248 Å². The molecule has 5 aromatic rings. The summed E-state index contributed by atoms with van der Waals surface area (Å²) in [7, 11) is 1.94. The van der Waals surface area contributed by atoms with E-state index in [-0.39, 0.29) is 17.8 Å². The van der Waals surface area contributed by atoms with Crippen LogP contribution in [0.3, 0.4) is 0 Å². The molecule has 5 heterocycles. The molecule has 0 unspecified atom stereocenters. The van der Waals surface area contributed by atoms with E-state index >= 15 is 0 Å². The van der Waals surface area contributed by atoms with E-state index in [0.717, 1.165) is 16.7 Å². The first-order valence-electron chi connectivity index (χ1n) is 14.4. The third kappa shape index (κ3) is 5.74. The number of ether oxygens (including phenoxy) is 2. The topological polar surface area (TPSA) is 134 Å². The van der Waals surface area contributed by atoms with Gasteiger partial charge in [-0.3, -0.25) is 4.79 Å². The molecule has 1 aliphatic rings. The molecule has 1 N–H and O–H groups in total. The molecule has 4 aromatic heterocycles. The van der Waals surface area contributed by atoms with Crippen LogP contribution in [0.4, 0.5) is 16.4 Å². The van der Waals surface area contributed by atoms with Crippen molar-refractivity contribution in [1.82, 2.24) is 38.8 Å². The Bertz CT molecular complexity index is 1860. The number of pyridine rings is 1. The van der Waals surface area contributed by atoms with Crippen LogP contribution in [0.25, 0.3) is 27.9 Å². The van der Waals surface area contributed by atoms with E-state index in [9.17, 15) is 9.59 Å². The lowest BCUT2D eigenvalue weighted by molar-refractivity contribution is 0.0123. The zero-order valence-corrected chi connectivity index (χ0v) is 24.9. The number of imidazole rings is 1. The van der Waals surface area contributed by atoms with Crippen LogP contribution in [0, 0.1) is 0 Å². The molecule has 224 valence electrons. The van der Waals surface area contributed by atoms with Crippen molar-refractivity contribution in [3.63, 3.8) is 0 Å². The van der Waals surface area contributed by atoms with Crippen LogP contribution in [-0.2, 0) is 18.3 Å². The molecule has 0 saturated carbocycles. The van der Waals surface area contributed by atoms with Crippen molar-refractivity contribution >= 4 is 39.8 Å². The van der Waals surface area contributed by atoms with Crippen LogP contribution in [0.15, 0.2) is 53.7 Å². The highest BCUT2D eigenvalue weighted by molar-refractivity contribution is 5.81. The number of nitrogens with zero attached hydrogens (tertiary/aromatic N) is 8. The minimum atomic E-state index is -0.535. The molecule has 0 radical (unpaired) electrons. The van der Waals surface area contributed by atoms with E-state index in [4.69, 9.17) is 19.4 Å². The predicted octanol–water partition coefficient (Wildman–Crippen LogP) is 4.41. The van der Waals surface area contributed by atoms with Crippen molar-refractivity contribution < 1.29 is 14.3 Å². The number of carbonyl (C=O) groups excluding carboxylic acids is 1. The fourth-order valence-electron chi connectivity index (χ4n) is 5.19. The first-order chi connectivity index (χ1) is 20.6. The Kier molecular flexibility index (Phi) is 7.24. The number of aryl methyl sites for hydroxylation is 1. The van der Waals surface area contributed by atoms with Gasteiger partial charge in [0.05, 0.1) is 17.4 Å². The van der Waals surface area contributed by atoms with Crippen molar-refractivity contribution in [2.45, 2.75) is 58.8 Å². The Hall–Kier alpha value is -4.94. The average molecular weight is 586 g/mol. The summed E-state index contributed by atoms with van der Waals surface area (Å²) in [6.07, 6.45) is 4.20. The second-order valence-electron chi connectivity index (χ2n) is 11.6. The maximum Gasteiger partial charge on any atom is 0.410 e. The SMILES string of the molecule is CCn1c(=O)c2cnc(Nc3ccc4c(c3)ncn4C)nc2n1-c1cccc(OC2CCN(C(=O)OC(C)(C)C)CC2)n1. The molecule has 0 atom stereocenters. The molecule has 1 aliphatic heterocycles. The number of amides is 1. The molecule has 6 rings (SSSR count). The van der Waals surface area contributed by atoms with E-state index in [1.807, 2.05) is 69.6 Å². The summed E-state index contributed by atoms with van der Waals surface area (Å²) < 4.78 is 17.0. The standard InChI is InChI=1S/C30H35N9O4/c1-6-38-27(40)21-17-31-28(33-19-10-11-23-22(16-19)32-18-36(23)5)35-26(21)39(38)24-8-7-9-25(34-24)42-20-12-14-37(15-13-20)29(41)43-30(2,3)4/h7-11,16-18,20H,6,12-15H2,1-5H3,(H,31,33,35). The Morgan fingerprint density at radius 3 is 2.63 bits per heavy atom. The third-order valence-electron chi connectivity index (χ3n) is 7.26. The molecule has 1 saturated heterocycles. The lowest BCUT2D eigenvalue weighted by Crippen LogP contribution is -2.44. The number of likely N-dealkylation sites (tertiary alicyclic amines) is 1. The summed E-state index contributed by atoms with van der Waals surface area (Å²) >= 11 is 0. The molecule has 0 spiro atoms. The van der Waals surface area contributed by atoms with Crippen LogP contribution in [0.5, 0.6) is 5.88 Å². The number of aromatic nitrogens is 7. The van der Waals surface area contributed by atoms with Gasteiger partial charge < -0.3 is 24.3 Å². The number of fused-ring (bicyclic) bond motifs is 2. The molecular formula is C30H35N9O4. The molecule has 43 heavy (non-hydrogen) atoms. The minimum Gasteiger partial charge on any atom is -0.474 e. The number of benzene rings is 1. The van der Waals surface area contributed by atoms with Crippen molar-refractivity contribution in [2.24, 2.45) is 7.05 Å². The average Bonchev–Trinajstić information content (AvgIpc) is 3.48. The molecule has 13 heteroatoms. The van der Waals surface area contributed by atoms with Gasteiger partial charge in [-0.25, -0.2) is 24.1 Å². The highest BCUT2D eigenvalue weighted by Crippen LogP contribution is 2.24. The lowest BCUT2D eigenvalue weighted by Gasteiger charge is -2.33. The smallest absolute Gasteiger partial charge is 0.410 e. The third-order valence-corrected chi connectivity index (χ3v) is 7.26. The number of piperidine rings is 1. The van der Waals surface area contributed by atoms with E-state index in [1.54, 1.807) is 26.7 Å². The molecule has 1 amide bonds. The van der Waals surface area contributed by atoms with Gasteiger partial charge in [-0.1, -0.05) is 6.07 Å². The van der Waals surface area contributed by atoms with Gasteiger partial charge in [0.15, 0.2) is 11.5 Å². The molecule has 13 nitrogen and oxygen atoms in total. The molecule has 1 aromatic carbocycles. The Morgan fingerprint density at radius 2 is 1.88 bits per heavy atom. The summed E-state index contributed by atoms with van der Waals surface area (Å²) in [5.41, 5.74) is 2.32. The summed E-state index contributed by atoms with van der Waals surface area (Å²) in [4.78, 5) is 45.7. The first kappa shape index (κ1) is 28.2. The van der Waals surface area contributed by atoms with Gasteiger partial charge in [-0.15, -0.1) is 0 Å². The fourth-order valence-corrected chi connectivity index (χ4v) is 5.19. The van der Waals surface area contributed by atoms with Crippen molar-refractivity contribution in [2.75, 3.05) is 18.4 Å². The van der Waals surface area contributed by atoms with E-state index in [2.05, 4.69) is 15.3 Å². The number of hydrogen-bond acceptors (Lipinski definition) is 9. The Balaban J connectivity index is 1.24. The van der Waals surface area contributed by atoms with Gasteiger partial charge in [0.25, 0.3) is 5.56 Å². The zero-order chi connectivity index (χ0) is 30.3. The van der Waals surface area contributed by atoms with Gasteiger partial charge in [0.1, 0.15) is 17.1 Å². The number of anilines is 2. The number of carbonyl (C=O) groups is 1. The van der Waals surface area contributed by atoms with Crippen LogP contribution in [0.2, 0.25) is 0 Å². The summed E-state index contributed by atoms with van der Waals surface area (Å²) in [6.45, 7) is 8.95. The zero-order valence-electron chi connectivity index (χ0n) is 24.9. The summed E-state index contributed by atoms with van der Waals surface area (Å²) in [6, 6.07) is 11.3. The predicted molar refractivity (Wildman–Crippen MR) is 162 cm³/mol. The van der Waals surface area contributed by atoms with Gasteiger partial charge in [0, 0.05) is 57.5 Å². The van der Waals surface area contributed by atoms with Crippen LogP contribution in [-0.4, -0.2) is 69.7 Å². The van der Waals surface area contributed by atoms with Crippen LogP contribution in [0.1, 0.15) is 40.5 Å². The van der Waals surface area contributed by atoms with Gasteiger partial charge in [-0.05, 0) is 52.0 Å². The van der Waals surface area contributed by atoms with Crippen molar-refractivity contribution in [1.29, 1.82) is 0 Å². The number of nitrogens with one attached hydrogen (secondary N) is 1. The largest absolute Gasteiger partial charge is 0.474 e. The van der Waals surface area contributed by atoms with E-state index in [1.165, 1.54) is 6.20 Å². The van der Waals surface area contributed by atoms with Gasteiger partial charge in [0.2, 0.25) is 11.8 Å². The monoisotopic (exact) mass is 585 g/mol. The summed E-state index contributed by atoms with van der Waals surface area (Å²) in [5.74, 6) is 1.27. The second-order valence-corrected chi connectivity index (χ2v) is 11.6. The molecule has 1 fully saturated rings. The highest BCUT2D eigenvalue weighted by Gasteiger charge is 2.28. The van der Waals surface area contributed by atoms with E-state index < -0.39 is 5.60 Å². The maximum atomic E-state index is 13.3. The normalized spacial score (nSPS) is 14.4. The number of hydrogen-bond donors (Lipinski definition) is 1. The fraction of sp³-hybridized carbons (Fsp3) is 0.400. The molecular weight excluding hydrogens is 550 g/mol. The van der Waals surface area contributed by atoms with Crippen molar-refractivity contribution in [3.05, 3.63) is 59.3 Å². The first-order valence-corrected chi connectivity index (χ1v) is 14.4. The highest BCUT2D eigenvalue weighted by atomic mass is 16.6. The summed E-state index contributed by atoms with van der Waals surface area (Å²) in [5, 5.41) is 3.62. The minimum absolute atomic E-state index is 0.106. The molecule has 0 aliphatic carbocycles. The van der Waals surface area contributed by atoms with Crippen molar-refractivity contribution in [3.8, 4) is 11.7 Å². The van der Waals surface area contributed by atoms with Crippen LogP contribution < -0.4 is 15.6 Å².